The first-order valence-corrected chi connectivity index (χ1v) is 4.53. The molecule has 2 N–H and O–H groups in total. The van der Waals surface area contributed by atoms with Crippen LogP contribution in [0, 0.1) is 0 Å². The van der Waals surface area contributed by atoms with Gasteiger partial charge in [0.05, 0.1) is 0 Å². The minimum absolute atomic E-state index is 0.523. The van der Waals surface area contributed by atoms with Gasteiger partial charge in [-0.05, 0) is 31.5 Å². The molecule has 0 heterocycles. The molecule has 0 aromatic heterocycles. The molecular formula is C10H13ClFN. The smallest absolute Gasteiger partial charge is 0.147 e. The molecule has 1 aromatic rings. The molecule has 0 saturated heterocycles. The summed E-state index contributed by atoms with van der Waals surface area (Å²) in [7, 11) is 0. The van der Waals surface area contributed by atoms with E-state index in [1.165, 1.54) is 6.92 Å². The minimum Gasteiger partial charge on any atom is -0.325 e. The number of nitrogens with two attached hydrogens (primary N) is 1. The van der Waals surface area contributed by atoms with Crippen molar-refractivity contribution in [3.05, 3.63) is 34.9 Å². The highest BCUT2D eigenvalue weighted by molar-refractivity contribution is 6.30. The number of rotatable bonds is 2. The fourth-order valence-corrected chi connectivity index (χ4v) is 1.25. The number of hydrogen-bond donors (Lipinski definition) is 1. The van der Waals surface area contributed by atoms with E-state index in [9.17, 15) is 4.39 Å². The Morgan fingerprint density at radius 2 is 2.15 bits per heavy atom. The van der Waals surface area contributed by atoms with Crippen LogP contribution in [-0.4, -0.2) is 6.04 Å². The first kappa shape index (κ1) is 10.5. The molecular weight excluding hydrogens is 189 g/mol. The highest BCUT2D eigenvalue weighted by atomic mass is 35.5. The third-order valence-electron chi connectivity index (χ3n) is 2.24. The van der Waals surface area contributed by atoms with Crippen LogP contribution in [0.3, 0.4) is 0 Å². The van der Waals surface area contributed by atoms with Gasteiger partial charge >= 0.3 is 0 Å². The Bertz CT molecular complexity index is 297. The van der Waals surface area contributed by atoms with E-state index in [2.05, 4.69) is 0 Å². The van der Waals surface area contributed by atoms with Crippen molar-refractivity contribution in [1.82, 2.24) is 0 Å². The molecule has 0 aliphatic carbocycles. The fourth-order valence-electron chi connectivity index (χ4n) is 1.06. The minimum atomic E-state index is -1.52. The molecule has 1 rings (SSSR count). The van der Waals surface area contributed by atoms with Gasteiger partial charge in [-0.1, -0.05) is 23.7 Å². The summed E-state index contributed by atoms with van der Waals surface area (Å²) in [5, 5.41) is 0.530. The van der Waals surface area contributed by atoms with Crippen molar-refractivity contribution < 1.29 is 4.39 Å². The Hall–Kier alpha value is -0.600. The second kappa shape index (κ2) is 3.64. The van der Waals surface area contributed by atoms with Crippen molar-refractivity contribution in [2.75, 3.05) is 0 Å². The lowest BCUT2D eigenvalue weighted by Gasteiger charge is -2.25. The highest BCUT2D eigenvalue weighted by Crippen LogP contribution is 2.29. The summed E-state index contributed by atoms with van der Waals surface area (Å²) in [4.78, 5) is 0. The molecule has 0 saturated carbocycles. The molecule has 0 aliphatic heterocycles. The van der Waals surface area contributed by atoms with Crippen molar-refractivity contribution in [2.45, 2.75) is 25.6 Å². The molecule has 72 valence electrons. The van der Waals surface area contributed by atoms with Gasteiger partial charge in [0.15, 0.2) is 0 Å². The summed E-state index contributed by atoms with van der Waals surface area (Å²) in [6, 6.07) is 6.17. The predicted molar refractivity (Wildman–Crippen MR) is 53.6 cm³/mol. The molecule has 1 nitrogen and oxygen atoms in total. The monoisotopic (exact) mass is 201 g/mol. The first-order valence-electron chi connectivity index (χ1n) is 4.15. The molecule has 0 amide bonds. The molecule has 3 heteroatoms. The van der Waals surface area contributed by atoms with Gasteiger partial charge in [-0.3, -0.25) is 0 Å². The van der Waals surface area contributed by atoms with Crippen LogP contribution in [-0.2, 0) is 5.67 Å². The summed E-state index contributed by atoms with van der Waals surface area (Å²) in [6.45, 7) is 3.10. The van der Waals surface area contributed by atoms with Crippen molar-refractivity contribution in [2.24, 2.45) is 5.73 Å². The van der Waals surface area contributed by atoms with Gasteiger partial charge in [-0.15, -0.1) is 0 Å². The third-order valence-corrected chi connectivity index (χ3v) is 2.48. The number of alkyl halides is 1. The van der Waals surface area contributed by atoms with Crippen molar-refractivity contribution in [3.8, 4) is 0 Å². The average Bonchev–Trinajstić information content (AvgIpc) is 2.04. The fraction of sp³-hybridized carbons (Fsp3) is 0.400. The maximum absolute atomic E-state index is 13.9. The maximum atomic E-state index is 13.9. The van der Waals surface area contributed by atoms with Crippen LogP contribution in [0.25, 0.3) is 0 Å². The zero-order valence-electron chi connectivity index (χ0n) is 7.72. The predicted octanol–water partition coefficient (Wildman–Crippen LogP) is 2.87. The molecule has 2 unspecified atom stereocenters. The van der Waals surface area contributed by atoms with E-state index >= 15 is 0 Å². The lowest BCUT2D eigenvalue weighted by atomic mass is 9.92. The standard InChI is InChI=1S/C10H13ClFN/c1-7(13)10(2,12)8-4-3-5-9(11)6-8/h3-7H,13H2,1-2H3. The highest BCUT2D eigenvalue weighted by Gasteiger charge is 2.30. The Labute approximate surface area is 82.7 Å². The second-order valence-corrected chi connectivity index (χ2v) is 3.81. The molecule has 0 bridgehead atoms. The van der Waals surface area contributed by atoms with E-state index in [-0.39, 0.29) is 0 Å². The normalized spacial score (nSPS) is 17.9. The largest absolute Gasteiger partial charge is 0.325 e. The van der Waals surface area contributed by atoms with Crippen molar-refractivity contribution in [1.29, 1.82) is 0 Å². The molecule has 0 aliphatic rings. The van der Waals surface area contributed by atoms with Gasteiger partial charge in [-0.25, -0.2) is 4.39 Å². The zero-order chi connectivity index (χ0) is 10.1. The summed E-state index contributed by atoms with van der Waals surface area (Å²) >= 11 is 5.75. The summed E-state index contributed by atoms with van der Waals surface area (Å²) in [6.07, 6.45) is 0. The van der Waals surface area contributed by atoms with E-state index in [4.69, 9.17) is 17.3 Å². The molecule has 2 atom stereocenters. The van der Waals surface area contributed by atoms with Crippen LogP contribution in [0.4, 0.5) is 4.39 Å². The Kier molecular flexibility index (Phi) is 2.94. The van der Waals surface area contributed by atoms with E-state index in [1.54, 1.807) is 31.2 Å². The topological polar surface area (TPSA) is 26.0 Å². The lowest BCUT2D eigenvalue weighted by Crippen LogP contribution is -2.36. The quantitative estimate of drug-likeness (QED) is 0.783. The van der Waals surface area contributed by atoms with Crippen LogP contribution in [0.2, 0.25) is 5.02 Å². The van der Waals surface area contributed by atoms with Gasteiger partial charge in [-0.2, -0.15) is 0 Å². The van der Waals surface area contributed by atoms with Crippen LogP contribution in [0.15, 0.2) is 24.3 Å². The van der Waals surface area contributed by atoms with Gasteiger partial charge in [0.2, 0.25) is 0 Å². The van der Waals surface area contributed by atoms with Gasteiger partial charge in [0.1, 0.15) is 5.67 Å². The SMILES string of the molecule is CC(N)C(C)(F)c1cccc(Cl)c1. The van der Waals surface area contributed by atoms with Crippen molar-refractivity contribution >= 4 is 11.6 Å². The number of benzene rings is 1. The summed E-state index contributed by atoms with van der Waals surface area (Å²) in [5.74, 6) is 0. The molecule has 1 aromatic carbocycles. The van der Waals surface area contributed by atoms with E-state index < -0.39 is 11.7 Å². The molecule has 13 heavy (non-hydrogen) atoms. The Balaban J connectivity index is 3.07. The van der Waals surface area contributed by atoms with Crippen LogP contribution >= 0.6 is 11.6 Å². The van der Waals surface area contributed by atoms with E-state index in [1.807, 2.05) is 0 Å². The van der Waals surface area contributed by atoms with E-state index in [0.717, 1.165) is 0 Å². The molecule has 0 radical (unpaired) electrons. The Morgan fingerprint density at radius 3 is 2.62 bits per heavy atom. The summed E-state index contributed by atoms with van der Waals surface area (Å²) in [5.41, 5.74) is 4.53. The van der Waals surface area contributed by atoms with Gasteiger partial charge < -0.3 is 5.73 Å². The second-order valence-electron chi connectivity index (χ2n) is 3.37. The third kappa shape index (κ3) is 2.20. The van der Waals surface area contributed by atoms with Crippen LogP contribution in [0.5, 0.6) is 0 Å². The molecule has 0 fully saturated rings. The van der Waals surface area contributed by atoms with Gasteiger partial charge in [0, 0.05) is 11.1 Å². The van der Waals surface area contributed by atoms with Crippen LogP contribution in [0.1, 0.15) is 19.4 Å². The number of halogens is 2. The first-order chi connectivity index (χ1) is 5.94. The number of hydrogen-bond acceptors (Lipinski definition) is 1. The molecule has 0 spiro atoms. The van der Waals surface area contributed by atoms with Crippen molar-refractivity contribution in [3.63, 3.8) is 0 Å². The average molecular weight is 202 g/mol. The summed E-state index contributed by atoms with van der Waals surface area (Å²) < 4.78 is 13.9. The zero-order valence-corrected chi connectivity index (χ0v) is 8.48. The lowest BCUT2D eigenvalue weighted by molar-refractivity contribution is 0.158. The van der Waals surface area contributed by atoms with E-state index in [0.29, 0.717) is 10.6 Å². The Morgan fingerprint density at radius 1 is 1.54 bits per heavy atom. The van der Waals surface area contributed by atoms with Crippen LogP contribution < -0.4 is 5.73 Å². The van der Waals surface area contributed by atoms with Gasteiger partial charge in [0.25, 0.3) is 0 Å². The maximum Gasteiger partial charge on any atom is 0.147 e.